The molecule has 0 bridgehead atoms. The Morgan fingerprint density at radius 1 is 0.900 bits per heavy atom. The lowest BCUT2D eigenvalue weighted by molar-refractivity contribution is -0.0189. The zero-order valence-electron chi connectivity index (χ0n) is 23.3. The van der Waals surface area contributed by atoms with Crippen LogP contribution in [0.5, 0.6) is 23.0 Å². The minimum Gasteiger partial charge on any atom is -0.494 e. The molecule has 0 spiro atoms. The van der Waals surface area contributed by atoms with Gasteiger partial charge in [0, 0.05) is 28.1 Å². The third-order valence-electron chi connectivity index (χ3n) is 7.46. The van der Waals surface area contributed by atoms with Crippen LogP contribution < -0.4 is 18.9 Å². The van der Waals surface area contributed by atoms with Crippen molar-refractivity contribution in [3.63, 3.8) is 0 Å². The van der Waals surface area contributed by atoms with E-state index in [4.69, 9.17) is 47.3 Å². The van der Waals surface area contributed by atoms with Crippen LogP contribution in [0.25, 0.3) is 0 Å². The molecular weight excluding hydrogens is 547 g/mol. The molecule has 2 heterocycles. The fourth-order valence-corrected chi connectivity index (χ4v) is 5.88. The van der Waals surface area contributed by atoms with E-state index in [9.17, 15) is 0 Å². The molecule has 0 saturated carbocycles. The highest BCUT2D eigenvalue weighted by atomic mass is 35.5. The lowest BCUT2D eigenvalue weighted by Crippen LogP contribution is -2.33. The molecule has 5 rings (SSSR count). The number of unbranched alkanes of at least 4 members (excludes halogenated alkanes) is 5. The first-order valence-electron chi connectivity index (χ1n) is 14.0. The van der Waals surface area contributed by atoms with Crippen LogP contribution in [-0.2, 0) is 0 Å². The van der Waals surface area contributed by atoms with Crippen molar-refractivity contribution in [1.82, 2.24) is 5.01 Å². The summed E-state index contributed by atoms with van der Waals surface area (Å²) in [4.78, 5) is 0. The molecule has 2 atom stereocenters. The minimum absolute atomic E-state index is 0.0864. The maximum absolute atomic E-state index is 6.64. The van der Waals surface area contributed by atoms with Gasteiger partial charge in [0.1, 0.15) is 11.5 Å². The van der Waals surface area contributed by atoms with Gasteiger partial charge >= 0.3 is 0 Å². The number of benzene rings is 3. The molecule has 0 saturated heterocycles. The van der Waals surface area contributed by atoms with Gasteiger partial charge in [0.05, 0.1) is 37.6 Å². The van der Waals surface area contributed by atoms with E-state index < -0.39 is 6.23 Å². The molecule has 0 aromatic heterocycles. The summed E-state index contributed by atoms with van der Waals surface area (Å²) in [6.45, 7) is 2.96. The number of ether oxygens (including phenoxy) is 4. The van der Waals surface area contributed by atoms with Gasteiger partial charge in [-0.3, -0.25) is 0 Å². The Hall–Kier alpha value is -3.09. The van der Waals surface area contributed by atoms with E-state index >= 15 is 0 Å². The molecule has 0 radical (unpaired) electrons. The van der Waals surface area contributed by atoms with Crippen molar-refractivity contribution in [2.24, 2.45) is 5.10 Å². The molecule has 6 nitrogen and oxygen atoms in total. The molecule has 212 valence electrons. The summed E-state index contributed by atoms with van der Waals surface area (Å²) >= 11 is 13.1. The second-order valence-corrected chi connectivity index (χ2v) is 11.0. The predicted octanol–water partition coefficient (Wildman–Crippen LogP) is 8.99. The van der Waals surface area contributed by atoms with Gasteiger partial charge in [-0.05, 0) is 61.0 Å². The summed E-state index contributed by atoms with van der Waals surface area (Å²) in [5, 5.41) is 8.12. The molecule has 3 aromatic carbocycles. The smallest absolute Gasteiger partial charge is 0.213 e. The van der Waals surface area contributed by atoms with E-state index in [0.717, 1.165) is 41.2 Å². The molecule has 2 aliphatic heterocycles. The first-order chi connectivity index (χ1) is 19.5. The molecule has 2 aliphatic rings. The fourth-order valence-electron chi connectivity index (χ4n) is 5.33. The molecule has 0 aliphatic carbocycles. The van der Waals surface area contributed by atoms with Crippen LogP contribution in [0.15, 0.2) is 59.7 Å². The zero-order chi connectivity index (χ0) is 28.1. The third kappa shape index (κ3) is 6.13. The van der Waals surface area contributed by atoms with Crippen molar-refractivity contribution in [3.8, 4) is 23.0 Å². The second kappa shape index (κ2) is 13.0. The molecule has 8 heteroatoms. The summed E-state index contributed by atoms with van der Waals surface area (Å²) in [5.74, 6) is 2.82. The second-order valence-electron chi connectivity index (χ2n) is 10.2. The van der Waals surface area contributed by atoms with Crippen molar-refractivity contribution in [2.75, 3.05) is 20.8 Å². The monoisotopic (exact) mass is 582 g/mol. The number of methoxy groups -OCH3 is 2. The van der Waals surface area contributed by atoms with E-state index in [1.165, 1.54) is 32.1 Å². The van der Waals surface area contributed by atoms with Crippen molar-refractivity contribution >= 4 is 28.9 Å². The Bertz CT molecular complexity index is 1350. The van der Waals surface area contributed by atoms with Gasteiger partial charge in [-0.25, -0.2) is 5.01 Å². The Morgan fingerprint density at radius 2 is 1.65 bits per heavy atom. The van der Waals surface area contributed by atoms with Gasteiger partial charge < -0.3 is 18.9 Å². The van der Waals surface area contributed by atoms with Crippen LogP contribution in [0.2, 0.25) is 10.0 Å². The fraction of sp³-hybridized carbons (Fsp3) is 0.406. The average Bonchev–Trinajstić information content (AvgIpc) is 3.42. The summed E-state index contributed by atoms with van der Waals surface area (Å²) in [7, 11) is 3.26. The normalized spacial score (nSPS) is 17.5. The number of hydrazone groups is 1. The SMILES string of the molecule is CCCCCCCCOc1ccc(C2Oc3c(Cl)cc(Cl)cc3C3CC(c4ccc(OC)c(OC)c4)=NN32)cc1. The maximum atomic E-state index is 6.64. The van der Waals surface area contributed by atoms with Crippen molar-refractivity contribution in [2.45, 2.75) is 64.1 Å². The molecule has 2 unspecified atom stereocenters. The van der Waals surface area contributed by atoms with Crippen molar-refractivity contribution in [1.29, 1.82) is 0 Å². The average molecular weight is 584 g/mol. The highest BCUT2D eigenvalue weighted by molar-refractivity contribution is 6.35. The largest absolute Gasteiger partial charge is 0.494 e. The molecule has 40 heavy (non-hydrogen) atoms. The summed E-state index contributed by atoms with van der Waals surface area (Å²) in [6, 6.07) is 17.5. The number of rotatable bonds is 12. The molecule has 0 amide bonds. The lowest BCUT2D eigenvalue weighted by Gasteiger charge is -2.38. The van der Waals surface area contributed by atoms with Crippen LogP contribution in [-0.4, -0.2) is 31.5 Å². The van der Waals surface area contributed by atoms with Crippen LogP contribution in [0.4, 0.5) is 0 Å². The first-order valence-corrected chi connectivity index (χ1v) is 14.7. The van der Waals surface area contributed by atoms with Crippen LogP contribution in [0.3, 0.4) is 0 Å². The van der Waals surface area contributed by atoms with Crippen LogP contribution >= 0.6 is 23.2 Å². The Morgan fingerprint density at radius 3 is 2.40 bits per heavy atom. The topological polar surface area (TPSA) is 52.5 Å². The standard InChI is InChI=1S/C32H36Cl2N2O4/c1-4-5-6-7-8-9-16-39-24-13-10-21(11-14-24)32-36-28(25-18-23(33)19-26(34)31(25)40-32)20-27(35-36)22-12-15-29(37-2)30(17-22)38-3/h10-15,17-19,28,32H,4-9,16,20H2,1-3H3. The summed E-state index contributed by atoms with van der Waals surface area (Å²) in [6.07, 6.45) is 7.63. The minimum atomic E-state index is -0.457. The number of hydrogen-bond acceptors (Lipinski definition) is 6. The van der Waals surface area contributed by atoms with Gasteiger partial charge in [0.25, 0.3) is 0 Å². The number of fused-ring (bicyclic) bond motifs is 3. The number of nitrogens with zero attached hydrogens (tertiary/aromatic N) is 2. The number of hydrogen-bond donors (Lipinski definition) is 0. The predicted molar refractivity (Wildman–Crippen MR) is 160 cm³/mol. The van der Waals surface area contributed by atoms with E-state index in [2.05, 4.69) is 6.92 Å². The molecular formula is C32H36Cl2N2O4. The highest BCUT2D eigenvalue weighted by Crippen LogP contribution is 2.51. The van der Waals surface area contributed by atoms with Gasteiger partial charge in [-0.2, -0.15) is 5.10 Å². The highest BCUT2D eigenvalue weighted by Gasteiger charge is 2.42. The van der Waals surface area contributed by atoms with E-state index in [-0.39, 0.29) is 6.04 Å². The Labute approximate surface area is 246 Å². The lowest BCUT2D eigenvalue weighted by atomic mass is 9.95. The molecule has 3 aromatic rings. The van der Waals surface area contributed by atoms with Crippen molar-refractivity contribution in [3.05, 3.63) is 81.3 Å². The van der Waals surface area contributed by atoms with Crippen molar-refractivity contribution < 1.29 is 18.9 Å². The quantitative estimate of drug-likeness (QED) is 0.199. The van der Waals surface area contributed by atoms with E-state index in [0.29, 0.717) is 33.7 Å². The van der Waals surface area contributed by atoms with Crippen LogP contribution in [0.1, 0.15) is 80.8 Å². The van der Waals surface area contributed by atoms with Gasteiger partial charge in [-0.15, -0.1) is 0 Å². The summed E-state index contributed by atoms with van der Waals surface area (Å²) < 4.78 is 23.5. The van der Waals surface area contributed by atoms with E-state index in [1.54, 1.807) is 20.3 Å². The van der Waals surface area contributed by atoms with Crippen LogP contribution in [0, 0.1) is 0 Å². The first kappa shape index (κ1) is 28.4. The Balaban J connectivity index is 1.38. The molecule has 0 fully saturated rings. The summed E-state index contributed by atoms with van der Waals surface area (Å²) in [5.41, 5.74) is 3.76. The van der Waals surface area contributed by atoms with E-state index in [1.807, 2.05) is 53.5 Å². The third-order valence-corrected chi connectivity index (χ3v) is 7.96. The van der Waals surface area contributed by atoms with Gasteiger partial charge in [-0.1, -0.05) is 62.2 Å². The Kier molecular flexibility index (Phi) is 9.28. The van der Waals surface area contributed by atoms with Gasteiger partial charge in [0.15, 0.2) is 11.5 Å². The number of halogens is 2. The zero-order valence-corrected chi connectivity index (χ0v) is 24.8. The maximum Gasteiger partial charge on any atom is 0.213 e. The molecule has 0 N–H and O–H groups in total. The van der Waals surface area contributed by atoms with Gasteiger partial charge in [0.2, 0.25) is 6.23 Å².